The van der Waals surface area contributed by atoms with Crippen molar-refractivity contribution in [2.75, 3.05) is 26.8 Å². The molecule has 6 nitrogen and oxygen atoms in total. The number of fused-ring (bicyclic) bond motifs is 1. The molecule has 0 amide bonds. The maximum absolute atomic E-state index is 5.52. The molecule has 86 valence electrons. The number of ether oxygens (including phenoxy) is 4. The van der Waals surface area contributed by atoms with Crippen molar-refractivity contribution in [2.24, 2.45) is 0 Å². The highest BCUT2D eigenvalue weighted by Crippen LogP contribution is 2.28. The van der Waals surface area contributed by atoms with Crippen LogP contribution < -0.4 is 0 Å². The van der Waals surface area contributed by atoms with Crippen molar-refractivity contribution in [1.82, 2.24) is 0 Å². The van der Waals surface area contributed by atoms with Crippen LogP contribution in [-0.2, 0) is 28.7 Å². The first-order valence-corrected chi connectivity index (χ1v) is 5.16. The summed E-state index contributed by atoms with van der Waals surface area (Å²) in [4.78, 5) is 10.0. The van der Waals surface area contributed by atoms with Gasteiger partial charge in [-0.2, -0.15) is 0 Å². The van der Waals surface area contributed by atoms with Gasteiger partial charge in [-0.15, -0.1) is 0 Å². The topological polar surface area (TPSA) is 55.4 Å². The molecule has 3 fully saturated rings. The lowest BCUT2D eigenvalue weighted by atomic mass is 10.00. The fraction of sp³-hybridized carbons (Fsp3) is 1.00. The second-order valence-electron chi connectivity index (χ2n) is 3.82. The molecule has 0 unspecified atom stereocenters. The van der Waals surface area contributed by atoms with Crippen LogP contribution in [0.1, 0.15) is 6.42 Å². The molecule has 3 aliphatic rings. The molecule has 3 heterocycles. The van der Waals surface area contributed by atoms with Gasteiger partial charge in [-0.05, 0) is 0 Å². The standard InChI is InChI=1S/C9H14O6/c1-2-14-15-6(1)8-9-7(11-5-13-8)3-10-4-12-9/h6-9H,1-5H2/t6-,7+,8-,9-/m0/s1. The van der Waals surface area contributed by atoms with Crippen molar-refractivity contribution < 1.29 is 28.7 Å². The average Bonchev–Trinajstić information content (AvgIpc) is 2.82. The average molecular weight is 218 g/mol. The van der Waals surface area contributed by atoms with Gasteiger partial charge in [0.1, 0.15) is 38.0 Å². The Balaban J connectivity index is 1.69. The molecule has 0 aromatic heterocycles. The third-order valence-corrected chi connectivity index (χ3v) is 2.90. The molecule has 0 aromatic rings. The van der Waals surface area contributed by atoms with E-state index in [1.807, 2.05) is 0 Å². The smallest absolute Gasteiger partial charge is 0.147 e. The minimum Gasteiger partial charge on any atom is -0.353 e. The van der Waals surface area contributed by atoms with Gasteiger partial charge in [0.05, 0.1) is 13.2 Å². The summed E-state index contributed by atoms with van der Waals surface area (Å²) in [6, 6.07) is 0. The van der Waals surface area contributed by atoms with Crippen molar-refractivity contribution in [2.45, 2.75) is 30.8 Å². The molecule has 0 radical (unpaired) electrons. The van der Waals surface area contributed by atoms with Crippen molar-refractivity contribution in [3.63, 3.8) is 0 Å². The first-order valence-electron chi connectivity index (χ1n) is 5.16. The summed E-state index contributed by atoms with van der Waals surface area (Å²) in [6.45, 7) is 1.72. The Morgan fingerprint density at radius 3 is 2.60 bits per heavy atom. The molecule has 4 atom stereocenters. The lowest BCUT2D eigenvalue weighted by molar-refractivity contribution is -0.347. The summed E-state index contributed by atoms with van der Waals surface area (Å²) in [5, 5.41) is 0. The quantitative estimate of drug-likeness (QED) is 0.569. The molecular weight excluding hydrogens is 204 g/mol. The van der Waals surface area contributed by atoms with Gasteiger partial charge in [0, 0.05) is 6.42 Å². The molecule has 6 heteroatoms. The number of hydrogen-bond acceptors (Lipinski definition) is 6. The van der Waals surface area contributed by atoms with Gasteiger partial charge in [-0.25, -0.2) is 9.78 Å². The zero-order valence-electron chi connectivity index (χ0n) is 8.29. The predicted octanol–water partition coefficient (Wildman–Crippen LogP) is -0.179. The summed E-state index contributed by atoms with van der Waals surface area (Å²) < 4.78 is 21.6. The van der Waals surface area contributed by atoms with Crippen LogP contribution in [-0.4, -0.2) is 51.2 Å². The Labute approximate surface area is 87.3 Å². The Kier molecular flexibility index (Phi) is 2.87. The molecule has 0 bridgehead atoms. The lowest BCUT2D eigenvalue weighted by Crippen LogP contribution is -2.56. The van der Waals surface area contributed by atoms with Crippen molar-refractivity contribution >= 4 is 0 Å². The molecule has 0 spiro atoms. The largest absolute Gasteiger partial charge is 0.353 e. The van der Waals surface area contributed by atoms with E-state index in [4.69, 9.17) is 28.7 Å². The maximum atomic E-state index is 5.52. The molecule has 3 aliphatic heterocycles. The Bertz CT molecular complexity index is 215. The summed E-state index contributed by atoms with van der Waals surface area (Å²) in [5.41, 5.74) is 0. The minimum absolute atomic E-state index is 0.0540. The molecule has 15 heavy (non-hydrogen) atoms. The van der Waals surface area contributed by atoms with E-state index >= 15 is 0 Å². The molecule has 0 N–H and O–H groups in total. The molecule has 3 saturated heterocycles. The van der Waals surface area contributed by atoms with E-state index in [0.29, 0.717) is 13.2 Å². The van der Waals surface area contributed by atoms with Crippen molar-refractivity contribution in [3.8, 4) is 0 Å². The lowest BCUT2D eigenvalue weighted by Gasteiger charge is -2.41. The van der Waals surface area contributed by atoms with E-state index in [1.165, 1.54) is 0 Å². The molecule has 3 rings (SSSR count). The van der Waals surface area contributed by atoms with E-state index in [-0.39, 0.29) is 38.0 Å². The predicted molar refractivity (Wildman–Crippen MR) is 45.7 cm³/mol. The Morgan fingerprint density at radius 2 is 1.73 bits per heavy atom. The summed E-state index contributed by atoms with van der Waals surface area (Å²) in [5.74, 6) is 0. The van der Waals surface area contributed by atoms with Crippen molar-refractivity contribution in [1.29, 1.82) is 0 Å². The normalized spacial score (nSPS) is 46.4. The van der Waals surface area contributed by atoms with E-state index < -0.39 is 0 Å². The molecule has 0 aromatic carbocycles. The van der Waals surface area contributed by atoms with Crippen LogP contribution in [0, 0.1) is 0 Å². The Morgan fingerprint density at radius 1 is 0.867 bits per heavy atom. The van der Waals surface area contributed by atoms with Crippen LogP contribution in [0.25, 0.3) is 0 Å². The fourth-order valence-electron chi connectivity index (χ4n) is 2.13. The van der Waals surface area contributed by atoms with Gasteiger partial charge in [0.25, 0.3) is 0 Å². The van der Waals surface area contributed by atoms with Gasteiger partial charge >= 0.3 is 0 Å². The zero-order valence-corrected chi connectivity index (χ0v) is 8.29. The maximum Gasteiger partial charge on any atom is 0.147 e. The van der Waals surface area contributed by atoms with Crippen LogP contribution in [0.3, 0.4) is 0 Å². The summed E-state index contributed by atoms with van der Waals surface area (Å²) in [6.07, 6.45) is 0.494. The number of hydrogen-bond donors (Lipinski definition) is 0. The van der Waals surface area contributed by atoms with Crippen LogP contribution >= 0.6 is 0 Å². The van der Waals surface area contributed by atoms with Crippen LogP contribution in [0.15, 0.2) is 0 Å². The third-order valence-electron chi connectivity index (χ3n) is 2.90. The minimum atomic E-state index is -0.116. The van der Waals surface area contributed by atoms with Gasteiger partial charge in [0.15, 0.2) is 0 Å². The monoisotopic (exact) mass is 218 g/mol. The Hall–Kier alpha value is -0.240. The molecule has 0 aliphatic carbocycles. The number of rotatable bonds is 1. The van der Waals surface area contributed by atoms with Gasteiger partial charge in [-0.3, -0.25) is 0 Å². The highest BCUT2D eigenvalue weighted by atomic mass is 17.2. The summed E-state index contributed by atoms with van der Waals surface area (Å²) >= 11 is 0. The van der Waals surface area contributed by atoms with Crippen LogP contribution in [0.2, 0.25) is 0 Å². The van der Waals surface area contributed by atoms with E-state index in [2.05, 4.69) is 0 Å². The second kappa shape index (κ2) is 4.32. The first kappa shape index (κ1) is 9.95. The second-order valence-corrected chi connectivity index (χ2v) is 3.82. The van der Waals surface area contributed by atoms with E-state index in [0.717, 1.165) is 6.42 Å². The van der Waals surface area contributed by atoms with Gasteiger partial charge in [-0.1, -0.05) is 0 Å². The highest BCUT2D eigenvalue weighted by Gasteiger charge is 2.44. The zero-order chi connectivity index (χ0) is 10.1. The van der Waals surface area contributed by atoms with E-state index in [9.17, 15) is 0 Å². The molecular formula is C9H14O6. The SMILES string of the molecule is C1C[C@@H]([C@@H]2OCO[C@@H]3COCO[C@H]23)OO1. The van der Waals surface area contributed by atoms with Crippen LogP contribution in [0.5, 0.6) is 0 Å². The first-order chi connectivity index (χ1) is 7.45. The van der Waals surface area contributed by atoms with Crippen LogP contribution in [0.4, 0.5) is 0 Å². The fourth-order valence-corrected chi connectivity index (χ4v) is 2.13. The van der Waals surface area contributed by atoms with Gasteiger partial charge in [0.2, 0.25) is 0 Å². The van der Waals surface area contributed by atoms with Gasteiger partial charge < -0.3 is 18.9 Å². The summed E-state index contributed by atoms with van der Waals surface area (Å²) in [7, 11) is 0. The third kappa shape index (κ3) is 1.89. The van der Waals surface area contributed by atoms with E-state index in [1.54, 1.807) is 0 Å². The van der Waals surface area contributed by atoms with Crippen molar-refractivity contribution in [3.05, 3.63) is 0 Å². The molecule has 0 saturated carbocycles. The highest BCUT2D eigenvalue weighted by molar-refractivity contribution is 4.88.